The zero-order valence-corrected chi connectivity index (χ0v) is 13.8. The first-order valence-electron chi connectivity index (χ1n) is 7.98. The smallest absolute Gasteiger partial charge is 0.0906 e. The summed E-state index contributed by atoms with van der Waals surface area (Å²) in [5, 5.41) is 11.2. The average molecular weight is 274 g/mol. The minimum absolute atomic E-state index is 0.193. The van der Waals surface area contributed by atoms with Crippen LogP contribution in [0.5, 0.6) is 0 Å². The molecular weight excluding hydrogens is 244 g/mol. The van der Waals surface area contributed by atoms with Gasteiger partial charge < -0.3 is 5.11 Å². The summed E-state index contributed by atoms with van der Waals surface area (Å²) in [5.74, 6) is 0. The van der Waals surface area contributed by atoms with Crippen LogP contribution in [-0.4, -0.2) is 5.11 Å². The van der Waals surface area contributed by atoms with Crippen molar-refractivity contribution in [3.8, 4) is 0 Å². The molecule has 0 heterocycles. The normalized spacial score (nSPS) is 23.5. The Labute approximate surface area is 124 Å². The maximum absolute atomic E-state index is 11.2. The van der Waals surface area contributed by atoms with Crippen LogP contribution in [0.1, 0.15) is 71.4 Å². The minimum atomic E-state index is -0.671. The number of benzene rings is 1. The largest absolute Gasteiger partial charge is 0.385 e. The van der Waals surface area contributed by atoms with Crippen LogP contribution in [-0.2, 0) is 12.0 Å². The van der Waals surface area contributed by atoms with Gasteiger partial charge in [0.1, 0.15) is 0 Å². The third-order valence-electron chi connectivity index (χ3n) is 4.53. The second kappa shape index (κ2) is 5.18. The Morgan fingerprint density at radius 1 is 0.900 bits per heavy atom. The summed E-state index contributed by atoms with van der Waals surface area (Å²) < 4.78 is 0. The van der Waals surface area contributed by atoms with Crippen molar-refractivity contribution in [2.75, 3.05) is 0 Å². The van der Waals surface area contributed by atoms with E-state index in [-0.39, 0.29) is 10.8 Å². The molecular formula is C19H30O. The van der Waals surface area contributed by atoms with Gasteiger partial charge in [0.25, 0.3) is 0 Å². The second-order valence-electron chi connectivity index (χ2n) is 8.34. The second-order valence-corrected chi connectivity index (χ2v) is 8.34. The van der Waals surface area contributed by atoms with Crippen LogP contribution in [0.15, 0.2) is 24.3 Å². The van der Waals surface area contributed by atoms with Gasteiger partial charge >= 0.3 is 0 Å². The lowest BCUT2D eigenvalue weighted by molar-refractivity contribution is -0.0912. The van der Waals surface area contributed by atoms with Crippen molar-refractivity contribution in [2.45, 2.75) is 72.3 Å². The Morgan fingerprint density at radius 3 is 1.85 bits per heavy atom. The molecule has 112 valence electrons. The number of rotatable bonds is 3. The van der Waals surface area contributed by atoms with E-state index in [2.05, 4.69) is 58.9 Å². The van der Waals surface area contributed by atoms with Crippen LogP contribution in [0, 0.1) is 10.8 Å². The quantitative estimate of drug-likeness (QED) is 0.816. The highest BCUT2D eigenvalue weighted by atomic mass is 16.3. The Morgan fingerprint density at radius 2 is 1.40 bits per heavy atom. The lowest BCUT2D eigenvalue weighted by atomic mass is 9.58. The SMILES string of the molecule is CCCc1ccc(C2(O)CC(C)(C)CC(C)(C)C2)cc1. The van der Waals surface area contributed by atoms with Crippen molar-refractivity contribution >= 4 is 0 Å². The lowest BCUT2D eigenvalue weighted by Gasteiger charge is -2.49. The molecule has 0 amide bonds. The summed E-state index contributed by atoms with van der Waals surface area (Å²) >= 11 is 0. The summed E-state index contributed by atoms with van der Waals surface area (Å²) in [6.45, 7) is 11.3. The molecule has 1 aromatic carbocycles. The predicted octanol–water partition coefficient (Wildman–Crippen LogP) is 5.06. The average Bonchev–Trinajstić information content (AvgIpc) is 2.25. The van der Waals surface area contributed by atoms with E-state index in [1.807, 2.05) is 0 Å². The molecule has 1 aliphatic rings. The molecule has 1 aromatic rings. The van der Waals surface area contributed by atoms with Gasteiger partial charge in [0.2, 0.25) is 0 Å². The minimum Gasteiger partial charge on any atom is -0.385 e. The first-order chi connectivity index (χ1) is 9.16. The van der Waals surface area contributed by atoms with Crippen molar-refractivity contribution in [3.63, 3.8) is 0 Å². The third kappa shape index (κ3) is 3.44. The lowest BCUT2D eigenvalue weighted by Crippen LogP contribution is -2.44. The molecule has 0 aliphatic heterocycles. The van der Waals surface area contributed by atoms with Crippen molar-refractivity contribution in [1.29, 1.82) is 0 Å². The number of aliphatic hydroxyl groups is 1. The molecule has 0 bridgehead atoms. The molecule has 1 nitrogen and oxygen atoms in total. The maximum Gasteiger partial charge on any atom is 0.0906 e. The summed E-state index contributed by atoms with van der Waals surface area (Å²) in [7, 11) is 0. The first kappa shape index (κ1) is 15.6. The van der Waals surface area contributed by atoms with Crippen LogP contribution in [0.4, 0.5) is 0 Å². The van der Waals surface area contributed by atoms with Gasteiger partial charge in [-0.2, -0.15) is 0 Å². The molecule has 0 saturated heterocycles. The number of hydrogen-bond acceptors (Lipinski definition) is 1. The van der Waals surface area contributed by atoms with Crippen LogP contribution in [0.3, 0.4) is 0 Å². The first-order valence-corrected chi connectivity index (χ1v) is 7.98. The van der Waals surface area contributed by atoms with E-state index in [9.17, 15) is 5.11 Å². The number of aryl methyl sites for hydroxylation is 1. The van der Waals surface area contributed by atoms with E-state index >= 15 is 0 Å². The highest BCUT2D eigenvalue weighted by Crippen LogP contribution is 2.53. The van der Waals surface area contributed by atoms with Gasteiger partial charge in [-0.1, -0.05) is 65.3 Å². The fourth-order valence-corrected chi connectivity index (χ4v) is 4.54. The van der Waals surface area contributed by atoms with Crippen LogP contribution in [0.2, 0.25) is 0 Å². The third-order valence-corrected chi connectivity index (χ3v) is 4.53. The van der Waals surface area contributed by atoms with Gasteiger partial charge in [-0.05, 0) is 47.6 Å². The van der Waals surface area contributed by atoms with Crippen LogP contribution < -0.4 is 0 Å². The number of hydrogen-bond donors (Lipinski definition) is 1. The van der Waals surface area contributed by atoms with Crippen molar-refractivity contribution in [2.24, 2.45) is 10.8 Å². The monoisotopic (exact) mass is 274 g/mol. The fraction of sp³-hybridized carbons (Fsp3) is 0.684. The van der Waals surface area contributed by atoms with Crippen molar-refractivity contribution < 1.29 is 5.11 Å². The van der Waals surface area contributed by atoms with E-state index in [0.29, 0.717) is 0 Å². The van der Waals surface area contributed by atoms with Gasteiger partial charge in [0.05, 0.1) is 5.60 Å². The summed E-state index contributed by atoms with van der Waals surface area (Å²) in [6.07, 6.45) is 5.18. The van der Waals surface area contributed by atoms with Gasteiger partial charge in [-0.25, -0.2) is 0 Å². The van der Waals surface area contributed by atoms with Crippen molar-refractivity contribution in [1.82, 2.24) is 0 Å². The van der Waals surface area contributed by atoms with Gasteiger partial charge in [-0.3, -0.25) is 0 Å². The molecule has 2 rings (SSSR count). The molecule has 0 aromatic heterocycles. The van der Waals surface area contributed by atoms with E-state index < -0.39 is 5.60 Å². The summed E-state index contributed by atoms with van der Waals surface area (Å²) in [4.78, 5) is 0. The molecule has 0 unspecified atom stereocenters. The van der Waals surface area contributed by atoms with Crippen molar-refractivity contribution in [3.05, 3.63) is 35.4 Å². The van der Waals surface area contributed by atoms with Gasteiger partial charge in [0, 0.05) is 0 Å². The van der Waals surface area contributed by atoms with E-state index in [0.717, 1.165) is 24.8 Å². The van der Waals surface area contributed by atoms with Gasteiger partial charge in [-0.15, -0.1) is 0 Å². The molecule has 0 atom stereocenters. The van der Waals surface area contributed by atoms with E-state index in [1.165, 1.54) is 18.4 Å². The predicted molar refractivity (Wildman–Crippen MR) is 85.7 cm³/mol. The fourth-order valence-electron chi connectivity index (χ4n) is 4.54. The topological polar surface area (TPSA) is 20.2 Å². The maximum atomic E-state index is 11.2. The Bertz CT molecular complexity index is 437. The molecule has 0 radical (unpaired) electrons. The summed E-state index contributed by atoms with van der Waals surface area (Å²) in [5.41, 5.74) is 2.18. The molecule has 1 heteroatoms. The molecule has 20 heavy (non-hydrogen) atoms. The Balaban J connectivity index is 2.29. The van der Waals surface area contributed by atoms with Crippen LogP contribution >= 0.6 is 0 Å². The summed E-state index contributed by atoms with van der Waals surface area (Å²) in [6, 6.07) is 8.65. The highest BCUT2D eigenvalue weighted by Gasteiger charge is 2.47. The highest BCUT2D eigenvalue weighted by molar-refractivity contribution is 5.28. The Kier molecular flexibility index (Phi) is 4.03. The van der Waals surface area contributed by atoms with Gasteiger partial charge in [0.15, 0.2) is 0 Å². The molecule has 1 saturated carbocycles. The zero-order chi connectivity index (χ0) is 15.0. The molecule has 0 spiro atoms. The van der Waals surface area contributed by atoms with Crippen LogP contribution in [0.25, 0.3) is 0 Å². The Hall–Kier alpha value is -0.820. The molecule has 1 N–H and O–H groups in total. The van der Waals surface area contributed by atoms with E-state index in [4.69, 9.17) is 0 Å². The molecule has 1 aliphatic carbocycles. The zero-order valence-electron chi connectivity index (χ0n) is 13.8. The van der Waals surface area contributed by atoms with E-state index in [1.54, 1.807) is 0 Å². The molecule has 1 fully saturated rings. The standard InChI is InChI=1S/C19H30O/c1-6-7-15-8-10-16(11-9-15)19(20)13-17(2,3)12-18(4,5)14-19/h8-11,20H,6-7,12-14H2,1-5H3.